The van der Waals surface area contributed by atoms with Gasteiger partial charge in [0.1, 0.15) is 6.54 Å². The third-order valence-electron chi connectivity index (χ3n) is 2.74. The van der Waals surface area contributed by atoms with Crippen molar-refractivity contribution in [3.05, 3.63) is 50.9 Å². The maximum atomic E-state index is 12.0. The zero-order valence-corrected chi connectivity index (χ0v) is 11.9. The number of nitrogens with zero attached hydrogens (tertiary/aromatic N) is 2. The van der Waals surface area contributed by atoms with Gasteiger partial charge in [0.2, 0.25) is 0 Å². The van der Waals surface area contributed by atoms with Gasteiger partial charge < -0.3 is 0 Å². The molecule has 0 saturated carbocycles. The molecule has 1 aromatic heterocycles. The topological polar surface area (TPSA) is 34.9 Å². The Kier molecular flexibility index (Phi) is 3.61. The van der Waals surface area contributed by atoms with Crippen LogP contribution in [0.15, 0.2) is 30.6 Å². The fraction of sp³-hybridized carbons (Fsp3) is 0.231. The van der Waals surface area contributed by atoms with Gasteiger partial charge in [-0.1, -0.05) is 12.1 Å². The van der Waals surface area contributed by atoms with Crippen molar-refractivity contribution >= 4 is 28.4 Å². The zero-order chi connectivity index (χ0) is 12.4. The minimum absolute atomic E-state index is 0.0904. The van der Waals surface area contributed by atoms with Crippen LogP contribution in [-0.4, -0.2) is 15.6 Å². The summed E-state index contributed by atoms with van der Waals surface area (Å²) in [5, 5.41) is 4.11. The quantitative estimate of drug-likeness (QED) is 0.636. The van der Waals surface area contributed by atoms with Gasteiger partial charge in [0.25, 0.3) is 0 Å². The van der Waals surface area contributed by atoms with Crippen LogP contribution in [0.3, 0.4) is 0 Å². The lowest BCUT2D eigenvalue weighted by Crippen LogP contribution is -2.11. The maximum Gasteiger partial charge on any atom is 0.184 e. The van der Waals surface area contributed by atoms with E-state index in [0.29, 0.717) is 6.54 Å². The third kappa shape index (κ3) is 2.94. The standard InChI is InChI=1S/C13H13IN2O/c1-9-3-4-11(5-10(9)2)13(17)8-16-7-12(14)6-15-16/h3-7H,8H2,1-2H3. The van der Waals surface area contributed by atoms with Crippen molar-refractivity contribution in [3.8, 4) is 0 Å². The average molecular weight is 340 g/mol. The molecular formula is C13H13IN2O. The Morgan fingerprint density at radius 2 is 2.12 bits per heavy atom. The van der Waals surface area contributed by atoms with Gasteiger partial charge in [-0.25, -0.2) is 0 Å². The number of Topliss-reactive ketones (excluding diaryl/α,β-unsaturated/α-hetero) is 1. The summed E-state index contributed by atoms with van der Waals surface area (Å²) in [6, 6.07) is 5.79. The van der Waals surface area contributed by atoms with Gasteiger partial charge in [0.05, 0.1) is 9.77 Å². The Balaban J connectivity index is 2.17. The molecule has 0 aliphatic carbocycles. The van der Waals surface area contributed by atoms with Gasteiger partial charge in [-0.05, 0) is 53.6 Å². The van der Waals surface area contributed by atoms with Crippen LogP contribution in [-0.2, 0) is 6.54 Å². The smallest absolute Gasteiger partial charge is 0.184 e. The van der Waals surface area contributed by atoms with Crippen LogP contribution in [0.1, 0.15) is 21.5 Å². The van der Waals surface area contributed by atoms with Crippen molar-refractivity contribution in [2.75, 3.05) is 0 Å². The van der Waals surface area contributed by atoms with E-state index in [-0.39, 0.29) is 5.78 Å². The Morgan fingerprint density at radius 3 is 2.71 bits per heavy atom. The minimum atomic E-state index is 0.0904. The number of rotatable bonds is 3. The maximum absolute atomic E-state index is 12.0. The molecule has 0 fully saturated rings. The molecule has 0 atom stereocenters. The van der Waals surface area contributed by atoms with Crippen LogP contribution in [0.4, 0.5) is 0 Å². The molecule has 0 unspecified atom stereocenters. The first kappa shape index (κ1) is 12.3. The number of ketones is 1. The summed E-state index contributed by atoms with van der Waals surface area (Å²) < 4.78 is 2.70. The van der Waals surface area contributed by atoms with E-state index in [2.05, 4.69) is 27.7 Å². The minimum Gasteiger partial charge on any atom is -0.292 e. The molecule has 2 aromatic rings. The number of carbonyl (C=O) groups excluding carboxylic acids is 1. The van der Waals surface area contributed by atoms with Crippen LogP contribution >= 0.6 is 22.6 Å². The largest absolute Gasteiger partial charge is 0.292 e. The predicted octanol–water partition coefficient (Wildman–Crippen LogP) is 2.99. The van der Waals surface area contributed by atoms with Crippen molar-refractivity contribution in [1.29, 1.82) is 0 Å². The summed E-state index contributed by atoms with van der Waals surface area (Å²) in [6.45, 7) is 4.36. The molecule has 17 heavy (non-hydrogen) atoms. The van der Waals surface area contributed by atoms with E-state index < -0.39 is 0 Å². The number of carbonyl (C=O) groups is 1. The van der Waals surface area contributed by atoms with Crippen molar-refractivity contribution in [2.24, 2.45) is 0 Å². The van der Waals surface area contributed by atoms with E-state index in [1.54, 1.807) is 10.9 Å². The first-order chi connectivity index (χ1) is 8.06. The Labute approximate surface area is 114 Å². The lowest BCUT2D eigenvalue weighted by atomic mass is 10.0. The van der Waals surface area contributed by atoms with Gasteiger partial charge >= 0.3 is 0 Å². The molecule has 0 bridgehead atoms. The molecule has 0 aliphatic heterocycles. The highest BCUT2D eigenvalue weighted by Gasteiger charge is 2.08. The van der Waals surface area contributed by atoms with E-state index >= 15 is 0 Å². The molecule has 0 amide bonds. The second-order valence-electron chi connectivity index (χ2n) is 4.08. The molecule has 0 aliphatic rings. The number of aryl methyl sites for hydroxylation is 2. The second kappa shape index (κ2) is 5.00. The Bertz CT molecular complexity index is 560. The SMILES string of the molecule is Cc1ccc(C(=O)Cn2cc(I)cn2)cc1C. The van der Waals surface area contributed by atoms with E-state index in [4.69, 9.17) is 0 Å². The van der Waals surface area contributed by atoms with Gasteiger partial charge in [0, 0.05) is 11.8 Å². The average Bonchev–Trinajstić information content (AvgIpc) is 2.68. The number of aromatic nitrogens is 2. The highest BCUT2D eigenvalue weighted by Crippen LogP contribution is 2.11. The third-order valence-corrected chi connectivity index (χ3v) is 3.29. The fourth-order valence-electron chi connectivity index (χ4n) is 1.58. The summed E-state index contributed by atoms with van der Waals surface area (Å²) in [6.07, 6.45) is 3.60. The first-order valence-corrected chi connectivity index (χ1v) is 6.42. The molecule has 0 N–H and O–H groups in total. The highest BCUT2D eigenvalue weighted by molar-refractivity contribution is 14.1. The molecule has 1 heterocycles. The number of benzene rings is 1. The van der Waals surface area contributed by atoms with E-state index in [9.17, 15) is 4.79 Å². The summed E-state index contributed by atoms with van der Waals surface area (Å²) in [7, 11) is 0. The molecule has 0 spiro atoms. The lowest BCUT2D eigenvalue weighted by molar-refractivity contribution is 0.0967. The zero-order valence-electron chi connectivity index (χ0n) is 9.77. The molecule has 1 aromatic carbocycles. The predicted molar refractivity (Wildman–Crippen MR) is 75.2 cm³/mol. The number of hydrogen-bond acceptors (Lipinski definition) is 2. The van der Waals surface area contributed by atoms with Gasteiger partial charge in [-0.15, -0.1) is 0 Å². The monoisotopic (exact) mass is 340 g/mol. The highest BCUT2D eigenvalue weighted by atomic mass is 127. The molecule has 3 nitrogen and oxygen atoms in total. The normalized spacial score (nSPS) is 10.5. The van der Waals surface area contributed by atoms with Gasteiger partial charge in [-0.3, -0.25) is 9.48 Å². The Morgan fingerprint density at radius 1 is 1.35 bits per heavy atom. The molecule has 88 valence electrons. The van der Waals surface area contributed by atoms with Crippen LogP contribution in [0.2, 0.25) is 0 Å². The molecule has 4 heteroatoms. The molecular weight excluding hydrogens is 327 g/mol. The van der Waals surface area contributed by atoms with Crippen molar-refractivity contribution in [2.45, 2.75) is 20.4 Å². The van der Waals surface area contributed by atoms with Gasteiger partial charge in [0.15, 0.2) is 5.78 Å². The summed E-state index contributed by atoms with van der Waals surface area (Å²) in [5.41, 5.74) is 3.10. The molecule has 0 radical (unpaired) electrons. The van der Waals surface area contributed by atoms with Crippen LogP contribution < -0.4 is 0 Å². The van der Waals surface area contributed by atoms with Crippen LogP contribution in [0.5, 0.6) is 0 Å². The first-order valence-electron chi connectivity index (χ1n) is 5.34. The Hall–Kier alpha value is -1.17. The van der Waals surface area contributed by atoms with Crippen LogP contribution in [0, 0.1) is 17.4 Å². The molecule has 2 rings (SSSR count). The van der Waals surface area contributed by atoms with E-state index in [0.717, 1.165) is 14.7 Å². The van der Waals surface area contributed by atoms with Crippen molar-refractivity contribution in [3.63, 3.8) is 0 Å². The molecule has 0 saturated heterocycles. The number of halogens is 1. The second-order valence-corrected chi connectivity index (χ2v) is 5.32. The lowest BCUT2D eigenvalue weighted by Gasteiger charge is -2.04. The van der Waals surface area contributed by atoms with Crippen molar-refractivity contribution in [1.82, 2.24) is 9.78 Å². The van der Waals surface area contributed by atoms with Crippen LogP contribution in [0.25, 0.3) is 0 Å². The summed E-state index contributed by atoms with van der Waals surface area (Å²) in [5.74, 6) is 0.0904. The van der Waals surface area contributed by atoms with Crippen molar-refractivity contribution < 1.29 is 4.79 Å². The summed E-state index contributed by atoms with van der Waals surface area (Å²) in [4.78, 5) is 12.0. The fourth-order valence-corrected chi connectivity index (χ4v) is 2.02. The van der Waals surface area contributed by atoms with E-state index in [1.165, 1.54) is 5.56 Å². The van der Waals surface area contributed by atoms with E-state index in [1.807, 2.05) is 38.2 Å². The number of hydrogen-bond donors (Lipinski definition) is 0. The van der Waals surface area contributed by atoms with Gasteiger partial charge in [-0.2, -0.15) is 5.10 Å². The summed E-state index contributed by atoms with van der Waals surface area (Å²) >= 11 is 2.18.